The van der Waals surface area contributed by atoms with Crippen LogP contribution in [0.1, 0.15) is 55.7 Å². The van der Waals surface area contributed by atoms with Crippen molar-refractivity contribution in [2.24, 2.45) is 0 Å². The van der Waals surface area contributed by atoms with Gasteiger partial charge in [0.2, 0.25) is 11.8 Å². The average Bonchev–Trinajstić information content (AvgIpc) is 3.56. The zero-order valence-electron chi connectivity index (χ0n) is 21.7. The molecule has 0 aliphatic heterocycles. The molecule has 0 bridgehead atoms. The Labute approximate surface area is 225 Å². The second-order valence-electron chi connectivity index (χ2n) is 8.85. The van der Waals surface area contributed by atoms with Crippen molar-refractivity contribution >= 4 is 21.4 Å². The van der Waals surface area contributed by atoms with E-state index in [4.69, 9.17) is 30.5 Å². The highest BCUT2D eigenvalue weighted by atomic mass is 35.5. The number of ether oxygens (including phenoxy) is 4. The summed E-state index contributed by atoms with van der Waals surface area (Å²) in [5, 5.41) is 8.04. The van der Waals surface area contributed by atoms with E-state index >= 15 is 0 Å². The quantitative estimate of drug-likeness (QED) is 0.334. The van der Waals surface area contributed by atoms with Gasteiger partial charge in [0.15, 0.2) is 27.2 Å². The summed E-state index contributed by atoms with van der Waals surface area (Å²) in [5.41, 5.74) is 0.320. The van der Waals surface area contributed by atoms with Crippen LogP contribution in [0.4, 0.5) is 0 Å². The highest BCUT2D eigenvalue weighted by molar-refractivity contribution is 7.91. The van der Waals surface area contributed by atoms with Gasteiger partial charge in [-0.15, -0.1) is 10.2 Å². The Hall–Kier alpha value is -2.94. The van der Waals surface area contributed by atoms with E-state index in [0.717, 1.165) is 12.8 Å². The normalized spacial score (nSPS) is 19.3. The molecule has 0 aromatic carbocycles. The van der Waals surface area contributed by atoms with Crippen LogP contribution in [0.3, 0.4) is 0 Å². The van der Waals surface area contributed by atoms with Gasteiger partial charge in [-0.1, -0.05) is 11.6 Å². The molecule has 0 saturated heterocycles. The minimum atomic E-state index is -3.89. The fraction of sp³-hybridized carbons (Fsp3) is 0.565. The van der Waals surface area contributed by atoms with Crippen molar-refractivity contribution in [3.63, 3.8) is 0 Å². The molecule has 4 rings (SSSR count). The number of sulfone groups is 1. The van der Waals surface area contributed by atoms with Crippen molar-refractivity contribution in [2.75, 3.05) is 28.4 Å². The number of hydrogen-bond donors (Lipinski definition) is 0. The lowest BCUT2D eigenvalue weighted by Crippen LogP contribution is -2.30. The Bertz CT molecular complexity index is 1330. The van der Waals surface area contributed by atoms with E-state index in [0.29, 0.717) is 23.0 Å². The molecule has 3 aromatic rings. The van der Waals surface area contributed by atoms with Gasteiger partial charge in [0.1, 0.15) is 24.0 Å². The third kappa shape index (κ3) is 5.58. The largest absolute Gasteiger partial charge is 0.479 e. The summed E-state index contributed by atoms with van der Waals surface area (Å²) in [7, 11) is 2.10. The second-order valence-corrected chi connectivity index (χ2v) is 11.6. The van der Waals surface area contributed by atoms with Crippen LogP contribution in [-0.2, 0) is 25.1 Å². The monoisotopic (exact) mass is 567 g/mol. The molecule has 0 unspecified atom stereocenters. The fourth-order valence-electron chi connectivity index (χ4n) is 4.63. The van der Waals surface area contributed by atoms with Crippen LogP contribution in [0.2, 0.25) is 5.02 Å². The zero-order valence-corrected chi connectivity index (χ0v) is 23.3. The van der Waals surface area contributed by atoms with Gasteiger partial charge in [-0.2, -0.15) is 9.97 Å². The number of nitrogens with zero attached hydrogens (tertiary/aromatic N) is 7. The van der Waals surface area contributed by atoms with E-state index in [1.54, 1.807) is 11.7 Å². The SMILES string of the molecule is COc1ncnc(OC)c1-n1c(CS(=O)(=O)[C@@H](C)[C@H](OC)c2ncc(Cl)cn2)nnc1[C@H]1CC[C@H](OC)C1. The molecule has 1 fully saturated rings. The topological polar surface area (TPSA) is 153 Å². The summed E-state index contributed by atoms with van der Waals surface area (Å²) in [4.78, 5) is 16.7. The maximum atomic E-state index is 13.7. The van der Waals surface area contributed by atoms with E-state index in [1.165, 1.54) is 47.0 Å². The van der Waals surface area contributed by atoms with Crippen molar-refractivity contribution < 1.29 is 27.4 Å². The zero-order chi connectivity index (χ0) is 27.4. The smallest absolute Gasteiger partial charge is 0.245 e. The maximum absolute atomic E-state index is 13.7. The molecule has 1 saturated carbocycles. The van der Waals surface area contributed by atoms with Gasteiger partial charge >= 0.3 is 0 Å². The Kier molecular flexibility index (Phi) is 8.75. The minimum Gasteiger partial charge on any atom is -0.479 e. The molecule has 13 nitrogen and oxygen atoms in total. The molecule has 0 spiro atoms. The molecule has 4 atom stereocenters. The molecule has 38 heavy (non-hydrogen) atoms. The molecule has 0 N–H and O–H groups in total. The Morgan fingerprint density at radius 1 is 1.03 bits per heavy atom. The van der Waals surface area contributed by atoms with Crippen molar-refractivity contribution in [1.29, 1.82) is 0 Å². The first kappa shape index (κ1) is 28.1. The van der Waals surface area contributed by atoms with Crippen LogP contribution in [0.15, 0.2) is 18.7 Å². The van der Waals surface area contributed by atoms with Gasteiger partial charge in [-0.05, 0) is 26.2 Å². The Morgan fingerprint density at radius 3 is 2.24 bits per heavy atom. The van der Waals surface area contributed by atoms with Gasteiger partial charge in [0, 0.05) is 32.5 Å². The van der Waals surface area contributed by atoms with Gasteiger partial charge < -0.3 is 18.9 Å². The van der Waals surface area contributed by atoms with Crippen LogP contribution in [-0.4, -0.2) is 82.9 Å². The lowest BCUT2D eigenvalue weighted by Gasteiger charge is -2.22. The van der Waals surface area contributed by atoms with Gasteiger partial charge in [0.05, 0.1) is 30.6 Å². The highest BCUT2D eigenvalue weighted by Gasteiger charge is 2.37. The van der Waals surface area contributed by atoms with Crippen LogP contribution < -0.4 is 9.47 Å². The molecule has 0 radical (unpaired) electrons. The lowest BCUT2D eigenvalue weighted by molar-refractivity contribution is 0.0948. The first-order valence-electron chi connectivity index (χ1n) is 11.9. The third-order valence-corrected chi connectivity index (χ3v) is 8.91. The first-order chi connectivity index (χ1) is 18.2. The van der Waals surface area contributed by atoms with Crippen molar-refractivity contribution in [3.8, 4) is 17.4 Å². The van der Waals surface area contributed by atoms with Crippen LogP contribution >= 0.6 is 11.6 Å². The summed E-state index contributed by atoms with van der Waals surface area (Å²) >= 11 is 5.90. The van der Waals surface area contributed by atoms with Crippen LogP contribution in [0, 0.1) is 0 Å². The molecule has 3 aromatic heterocycles. The maximum Gasteiger partial charge on any atom is 0.245 e. The lowest BCUT2D eigenvalue weighted by atomic mass is 10.1. The predicted octanol–water partition coefficient (Wildman–Crippen LogP) is 2.49. The van der Waals surface area contributed by atoms with Crippen LogP contribution in [0.5, 0.6) is 11.8 Å². The second kappa shape index (κ2) is 11.8. The minimum absolute atomic E-state index is 0.0369. The Balaban J connectivity index is 1.78. The van der Waals surface area contributed by atoms with Gasteiger partial charge in [0.25, 0.3) is 0 Å². The number of rotatable bonds is 11. The molecule has 3 heterocycles. The van der Waals surface area contributed by atoms with E-state index in [1.807, 2.05) is 0 Å². The third-order valence-electron chi connectivity index (χ3n) is 6.68. The number of halogens is 1. The molecular formula is C23H30ClN7O6S. The van der Waals surface area contributed by atoms with Crippen molar-refractivity contribution in [2.45, 2.75) is 55.3 Å². The Morgan fingerprint density at radius 2 is 1.68 bits per heavy atom. The van der Waals surface area contributed by atoms with Crippen LogP contribution in [0.25, 0.3) is 5.69 Å². The number of methoxy groups -OCH3 is 4. The molecular weight excluding hydrogens is 538 g/mol. The summed E-state index contributed by atoms with van der Waals surface area (Å²) in [6.07, 6.45) is 5.55. The average molecular weight is 568 g/mol. The molecule has 15 heteroatoms. The summed E-state index contributed by atoms with van der Waals surface area (Å²) in [6.45, 7) is 1.54. The van der Waals surface area contributed by atoms with E-state index in [-0.39, 0.29) is 35.4 Å². The van der Waals surface area contributed by atoms with Gasteiger partial charge in [-0.25, -0.2) is 18.4 Å². The van der Waals surface area contributed by atoms with E-state index < -0.39 is 26.9 Å². The molecule has 0 amide bonds. The van der Waals surface area contributed by atoms with Crippen molar-refractivity contribution in [1.82, 2.24) is 34.7 Å². The first-order valence-corrected chi connectivity index (χ1v) is 13.9. The highest BCUT2D eigenvalue weighted by Crippen LogP contribution is 2.39. The summed E-state index contributed by atoms with van der Waals surface area (Å²) < 4.78 is 51.1. The molecule has 1 aliphatic carbocycles. The summed E-state index contributed by atoms with van der Waals surface area (Å²) in [5.74, 6) is 0.794. The molecule has 1 aliphatic rings. The molecule has 206 valence electrons. The number of aromatic nitrogens is 7. The standard InChI is InChI=1S/C23H30ClN7O6S/c1-13(19(35-3)20-25-9-15(24)10-26-20)38(32,33)11-17-29-30-21(14-6-7-16(8-14)34-2)31(17)18-22(36-4)27-12-28-23(18)37-5/h9-10,12-14,16,19H,6-8,11H2,1-5H3/t13-,14-,16-,19-/m0/s1. The fourth-order valence-corrected chi connectivity index (χ4v) is 6.15. The van der Waals surface area contributed by atoms with E-state index in [9.17, 15) is 8.42 Å². The number of hydrogen-bond acceptors (Lipinski definition) is 12. The summed E-state index contributed by atoms with van der Waals surface area (Å²) in [6, 6.07) is 0. The van der Waals surface area contributed by atoms with Gasteiger partial charge in [-0.3, -0.25) is 4.57 Å². The van der Waals surface area contributed by atoms with E-state index in [2.05, 4.69) is 30.1 Å². The van der Waals surface area contributed by atoms with Crippen molar-refractivity contribution in [3.05, 3.63) is 41.2 Å². The predicted molar refractivity (Wildman–Crippen MR) is 136 cm³/mol.